The van der Waals surface area contributed by atoms with Gasteiger partial charge >= 0.3 is 12.0 Å². The van der Waals surface area contributed by atoms with E-state index in [9.17, 15) is 14.7 Å². The van der Waals surface area contributed by atoms with Gasteiger partial charge in [-0.05, 0) is 36.3 Å². The lowest BCUT2D eigenvalue weighted by Crippen LogP contribution is -2.41. The number of benzene rings is 1. The number of nitrogens with one attached hydrogen (secondary N) is 1. The minimum atomic E-state index is -1.04. The van der Waals surface area contributed by atoms with Crippen molar-refractivity contribution in [2.24, 2.45) is 11.3 Å². The molecular weight excluding hydrogens is 268 g/mol. The highest BCUT2D eigenvalue weighted by molar-refractivity contribution is 6.01. The molecule has 0 atom stereocenters. The lowest BCUT2D eigenvalue weighted by atomic mass is 9.92. The van der Waals surface area contributed by atoms with Crippen molar-refractivity contribution < 1.29 is 14.7 Å². The first-order valence-electron chi connectivity index (χ1n) is 7.21. The number of carbonyl (C=O) groups excluding carboxylic acids is 1. The first kappa shape index (κ1) is 15.4. The second kappa shape index (κ2) is 5.76. The fraction of sp³-hybridized carbons (Fsp3) is 0.500. The highest BCUT2D eigenvalue weighted by Crippen LogP contribution is 2.51. The number of hydrogen-bond acceptors (Lipinski definition) is 2. The average Bonchev–Trinajstić information content (AvgIpc) is 3.25. The topological polar surface area (TPSA) is 69.6 Å². The Balaban J connectivity index is 2.05. The van der Waals surface area contributed by atoms with Crippen molar-refractivity contribution in [1.82, 2.24) is 5.32 Å². The molecule has 5 heteroatoms. The van der Waals surface area contributed by atoms with Crippen molar-refractivity contribution in [3.8, 4) is 0 Å². The summed E-state index contributed by atoms with van der Waals surface area (Å²) in [6.45, 7) is 4.98. The normalized spacial score (nSPS) is 15.6. The molecule has 0 aliphatic heterocycles. The number of carbonyl (C=O) groups is 2. The molecule has 114 valence electrons. The molecule has 2 amide bonds. The van der Waals surface area contributed by atoms with Crippen molar-refractivity contribution in [3.05, 3.63) is 29.8 Å². The van der Waals surface area contributed by atoms with E-state index in [2.05, 4.69) is 19.2 Å². The maximum Gasteiger partial charge on any atom is 0.337 e. The molecule has 1 aromatic rings. The second-order valence-corrected chi connectivity index (χ2v) is 6.06. The summed E-state index contributed by atoms with van der Waals surface area (Å²) in [5.41, 5.74) is 0.750. The van der Waals surface area contributed by atoms with Crippen molar-refractivity contribution in [2.45, 2.75) is 26.7 Å². The number of aromatic carboxylic acids is 1. The Morgan fingerprint density at radius 2 is 1.95 bits per heavy atom. The predicted octanol–water partition coefficient (Wildman–Crippen LogP) is 2.97. The Kier molecular flexibility index (Phi) is 4.21. The quantitative estimate of drug-likeness (QED) is 0.876. The number of hydrogen-bond donors (Lipinski definition) is 2. The van der Waals surface area contributed by atoms with E-state index in [4.69, 9.17) is 0 Å². The molecular formula is C16H22N2O3. The minimum absolute atomic E-state index is 0.125. The summed E-state index contributed by atoms with van der Waals surface area (Å²) in [4.78, 5) is 24.8. The summed E-state index contributed by atoms with van der Waals surface area (Å²) in [5, 5.41) is 12.1. The van der Waals surface area contributed by atoms with Crippen LogP contribution in [0.25, 0.3) is 0 Å². The minimum Gasteiger partial charge on any atom is -0.478 e. The smallest absolute Gasteiger partial charge is 0.337 e. The van der Waals surface area contributed by atoms with Gasteiger partial charge in [0.05, 0.1) is 11.3 Å². The van der Waals surface area contributed by atoms with Gasteiger partial charge in [0.25, 0.3) is 0 Å². The number of nitrogens with zero attached hydrogens (tertiary/aromatic N) is 1. The number of carboxylic acids is 1. The van der Waals surface area contributed by atoms with Gasteiger partial charge in [-0.2, -0.15) is 0 Å². The van der Waals surface area contributed by atoms with Crippen LogP contribution in [0.1, 0.15) is 37.0 Å². The van der Waals surface area contributed by atoms with Crippen LogP contribution in [0.3, 0.4) is 0 Å². The van der Waals surface area contributed by atoms with Crippen LogP contribution in [0.4, 0.5) is 10.5 Å². The summed E-state index contributed by atoms with van der Waals surface area (Å²) < 4.78 is 0. The van der Waals surface area contributed by atoms with Gasteiger partial charge in [0, 0.05) is 13.6 Å². The molecule has 1 aliphatic carbocycles. The van der Waals surface area contributed by atoms with E-state index < -0.39 is 5.97 Å². The highest BCUT2D eigenvalue weighted by Gasteiger charge is 2.45. The van der Waals surface area contributed by atoms with Crippen molar-refractivity contribution >= 4 is 17.7 Å². The van der Waals surface area contributed by atoms with Gasteiger partial charge in [-0.3, -0.25) is 4.90 Å². The largest absolute Gasteiger partial charge is 0.478 e. The molecule has 0 bridgehead atoms. The first-order valence-corrected chi connectivity index (χ1v) is 7.21. The predicted molar refractivity (Wildman–Crippen MR) is 81.7 cm³/mol. The molecule has 0 spiro atoms. The zero-order valence-corrected chi connectivity index (χ0v) is 12.7. The summed E-state index contributed by atoms with van der Waals surface area (Å²) in [6.07, 6.45) is 2.28. The van der Waals surface area contributed by atoms with Gasteiger partial charge in [-0.15, -0.1) is 0 Å². The maximum absolute atomic E-state index is 12.2. The number of urea groups is 1. The van der Waals surface area contributed by atoms with E-state index in [-0.39, 0.29) is 17.0 Å². The van der Waals surface area contributed by atoms with E-state index in [0.29, 0.717) is 18.2 Å². The standard InChI is InChI=1S/C16H22N2O3/c1-11(2)16(8-9-16)10-17-15(21)18(3)13-7-5-4-6-12(13)14(19)20/h4-7,11H,8-10H2,1-3H3,(H,17,21)(H,19,20). The summed E-state index contributed by atoms with van der Waals surface area (Å²) >= 11 is 0. The number of rotatable bonds is 5. The molecule has 21 heavy (non-hydrogen) atoms. The Labute approximate surface area is 125 Å². The monoisotopic (exact) mass is 290 g/mol. The number of amides is 2. The van der Waals surface area contributed by atoms with E-state index in [1.807, 2.05) is 0 Å². The molecule has 1 fully saturated rings. The Hall–Kier alpha value is -2.04. The molecule has 1 aliphatic rings. The summed E-state index contributed by atoms with van der Waals surface area (Å²) in [6, 6.07) is 6.24. The molecule has 1 aromatic carbocycles. The van der Waals surface area contributed by atoms with Crippen LogP contribution in [-0.2, 0) is 0 Å². The third kappa shape index (κ3) is 3.17. The lowest BCUT2D eigenvalue weighted by molar-refractivity contribution is 0.0697. The first-order chi connectivity index (χ1) is 9.87. The van der Waals surface area contributed by atoms with Gasteiger partial charge in [0.2, 0.25) is 0 Å². The third-order valence-electron chi connectivity index (χ3n) is 4.51. The highest BCUT2D eigenvalue weighted by atomic mass is 16.4. The Morgan fingerprint density at radius 3 is 2.48 bits per heavy atom. The maximum atomic E-state index is 12.2. The molecule has 0 unspecified atom stereocenters. The van der Waals surface area contributed by atoms with Crippen LogP contribution in [0.15, 0.2) is 24.3 Å². The molecule has 1 saturated carbocycles. The van der Waals surface area contributed by atoms with Gasteiger partial charge in [0.15, 0.2) is 0 Å². The fourth-order valence-corrected chi connectivity index (χ4v) is 2.55. The lowest BCUT2D eigenvalue weighted by Gasteiger charge is -2.24. The van der Waals surface area contributed by atoms with Crippen LogP contribution in [-0.4, -0.2) is 30.7 Å². The molecule has 0 aromatic heterocycles. The van der Waals surface area contributed by atoms with Crippen LogP contribution in [0.5, 0.6) is 0 Å². The second-order valence-electron chi connectivity index (χ2n) is 6.06. The SMILES string of the molecule is CC(C)C1(CNC(=O)N(C)c2ccccc2C(=O)O)CC1. The van der Waals surface area contributed by atoms with Crippen LogP contribution >= 0.6 is 0 Å². The van der Waals surface area contributed by atoms with Gasteiger partial charge in [0.1, 0.15) is 0 Å². The molecule has 0 heterocycles. The number of carboxylic acid groups (broad SMARTS) is 1. The fourth-order valence-electron chi connectivity index (χ4n) is 2.55. The van der Waals surface area contributed by atoms with Crippen molar-refractivity contribution in [2.75, 3.05) is 18.5 Å². The van der Waals surface area contributed by atoms with Crippen LogP contribution < -0.4 is 10.2 Å². The van der Waals surface area contributed by atoms with Gasteiger partial charge in [-0.25, -0.2) is 9.59 Å². The van der Waals surface area contributed by atoms with E-state index >= 15 is 0 Å². The number of anilines is 1. The Morgan fingerprint density at radius 1 is 1.33 bits per heavy atom. The van der Waals surface area contributed by atoms with E-state index in [0.717, 1.165) is 12.8 Å². The van der Waals surface area contributed by atoms with Gasteiger partial charge in [-0.1, -0.05) is 26.0 Å². The van der Waals surface area contributed by atoms with Crippen molar-refractivity contribution in [3.63, 3.8) is 0 Å². The van der Waals surface area contributed by atoms with Crippen molar-refractivity contribution in [1.29, 1.82) is 0 Å². The summed E-state index contributed by atoms with van der Waals surface area (Å²) in [7, 11) is 1.59. The van der Waals surface area contributed by atoms with Crippen LogP contribution in [0, 0.1) is 11.3 Å². The van der Waals surface area contributed by atoms with E-state index in [1.165, 1.54) is 11.0 Å². The molecule has 2 rings (SSSR count). The molecule has 0 saturated heterocycles. The molecule has 0 radical (unpaired) electrons. The molecule has 2 N–H and O–H groups in total. The zero-order chi connectivity index (χ0) is 15.6. The molecule has 5 nitrogen and oxygen atoms in total. The Bertz CT molecular complexity index is 550. The number of para-hydroxylation sites is 1. The van der Waals surface area contributed by atoms with Crippen LogP contribution in [0.2, 0.25) is 0 Å². The van der Waals surface area contributed by atoms with Gasteiger partial charge < -0.3 is 10.4 Å². The third-order valence-corrected chi connectivity index (χ3v) is 4.51. The summed E-state index contributed by atoms with van der Waals surface area (Å²) in [5.74, 6) is -0.500. The zero-order valence-electron chi connectivity index (χ0n) is 12.7. The average molecular weight is 290 g/mol. The van der Waals surface area contributed by atoms with E-state index in [1.54, 1.807) is 25.2 Å².